The zero-order valence-corrected chi connectivity index (χ0v) is 29.5. The quantitative estimate of drug-likeness (QED) is 0.0468. The topological polar surface area (TPSA) is 120 Å². The van der Waals surface area contributed by atoms with E-state index in [0.29, 0.717) is 37.6 Å². The van der Waals surface area contributed by atoms with Gasteiger partial charge in [0.1, 0.15) is 29.7 Å². The van der Waals surface area contributed by atoms with Crippen LogP contribution in [0.25, 0.3) is 0 Å². The number of aromatic hydroxyl groups is 1. The Kier molecular flexibility index (Phi) is 12.1. The highest BCUT2D eigenvalue weighted by atomic mass is 16.5. The molecule has 270 valence electrons. The highest BCUT2D eigenvalue weighted by Crippen LogP contribution is 2.43. The normalized spacial score (nSPS) is 24.4. The lowest BCUT2D eigenvalue weighted by molar-refractivity contribution is -0.946. The van der Waals surface area contributed by atoms with Crippen molar-refractivity contribution in [1.29, 1.82) is 0 Å². The van der Waals surface area contributed by atoms with Crippen LogP contribution in [0, 0.1) is 11.8 Å². The average molecular weight is 687 g/mol. The second kappa shape index (κ2) is 16.7. The molecule has 1 amide bonds. The average Bonchev–Trinajstić information content (AvgIpc) is 3.71. The van der Waals surface area contributed by atoms with Gasteiger partial charge in [0.25, 0.3) is 0 Å². The number of carbonyl (C=O) groups is 1. The number of hydrogen-bond donors (Lipinski definition) is 5. The van der Waals surface area contributed by atoms with Gasteiger partial charge >= 0.3 is 0 Å². The number of hydrogen-bond acceptors (Lipinski definition) is 7. The van der Waals surface area contributed by atoms with Crippen molar-refractivity contribution in [2.75, 3.05) is 51.3 Å². The Hall–Kier alpha value is -3.47. The summed E-state index contributed by atoms with van der Waals surface area (Å²) in [6, 6.07) is 23.2. The summed E-state index contributed by atoms with van der Waals surface area (Å²) in [5.74, 6) is 1.66. The van der Waals surface area contributed by atoms with Gasteiger partial charge in [-0.05, 0) is 66.1 Å². The lowest BCUT2D eigenvalue weighted by Crippen LogP contribution is -2.65. The monoisotopic (exact) mass is 686 g/mol. The van der Waals surface area contributed by atoms with E-state index in [1.165, 1.54) is 44.8 Å². The molecule has 1 unspecified atom stereocenters. The molecule has 3 aromatic carbocycles. The minimum absolute atomic E-state index is 0.0448. The molecule has 4 fully saturated rings. The van der Waals surface area contributed by atoms with Gasteiger partial charge < -0.3 is 39.9 Å². The van der Waals surface area contributed by atoms with Gasteiger partial charge in [0, 0.05) is 37.8 Å². The third-order valence-corrected chi connectivity index (χ3v) is 11.8. The van der Waals surface area contributed by atoms with Crippen molar-refractivity contribution in [2.24, 2.45) is 11.8 Å². The Morgan fingerprint density at radius 3 is 2.40 bits per heavy atom. The molecule has 5 N–H and O–H groups in total. The Morgan fingerprint density at radius 2 is 1.70 bits per heavy atom. The van der Waals surface area contributed by atoms with Gasteiger partial charge in [-0.2, -0.15) is 0 Å². The molecule has 0 radical (unpaired) electrons. The number of phenols is 1. The highest BCUT2D eigenvalue weighted by molar-refractivity contribution is 5.75. The molecular weight excluding hydrogens is 630 g/mol. The maximum absolute atomic E-state index is 12.0. The van der Waals surface area contributed by atoms with Crippen molar-refractivity contribution in [3.05, 3.63) is 89.5 Å². The molecule has 9 heteroatoms. The third-order valence-electron chi connectivity index (χ3n) is 11.8. The minimum Gasteiger partial charge on any atom is -0.506 e. The maximum atomic E-state index is 12.0. The number of fused-ring (bicyclic) bond motifs is 3. The number of quaternary nitrogens is 1. The van der Waals surface area contributed by atoms with E-state index in [1.54, 1.807) is 12.1 Å². The van der Waals surface area contributed by atoms with Gasteiger partial charge in [-0.3, -0.25) is 4.79 Å². The number of ether oxygens (including phenoxy) is 2. The lowest BCUT2D eigenvalue weighted by atomic mass is 9.80. The van der Waals surface area contributed by atoms with Gasteiger partial charge in [-0.25, -0.2) is 0 Å². The number of benzene rings is 3. The number of nitrogens with one attached hydrogen (secondary N) is 2. The zero-order valence-electron chi connectivity index (χ0n) is 29.5. The fourth-order valence-electron chi connectivity index (χ4n) is 8.72. The van der Waals surface area contributed by atoms with E-state index < -0.39 is 11.7 Å². The Bertz CT molecular complexity index is 1510. The van der Waals surface area contributed by atoms with Gasteiger partial charge in [-0.15, -0.1) is 0 Å². The van der Waals surface area contributed by atoms with Crippen molar-refractivity contribution in [2.45, 2.75) is 82.1 Å². The van der Waals surface area contributed by atoms with Crippen LogP contribution in [0.15, 0.2) is 72.8 Å². The maximum Gasteiger partial charge on any atom is 0.211 e. The molecular formula is C41H56N3O6+. The Labute approximate surface area is 297 Å². The van der Waals surface area contributed by atoms with Crippen LogP contribution in [0.1, 0.15) is 87.1 Å². The summed E-state index contributed by atoms with van der Waals surface area (Å²) >= 11 is 0. The van der Waals surface area contributed by atoms with Crippen molar-refractivity contribution in [1.82, 2.24) is 5.32 Å². The Morgan fingerprint density at radius 1 is 0.980 bits per heavy atom. The summed E-state index contributed by atoms with van der Waals surface area (Å²) in [7, 11) is 0. The summed E-state index contributed by atoms with van der Waals surface area (Å²) in [5, 5.41) is 38.6. The van der Waals surface area contributed by atoms with Crippen molar-refractivity contribution < 1.29 is 34.1 Å². The number of piperidine rings is 3. The predicted molar refractivity (Wildman–Crippen MR) is 195 cm³/mol. The third kappa shape index (κ3) is 8.52. The molecule has 3 heterocycles. The van der Waals surface area contributed by atoms with Gasteiger partial charge in [-0.1, -0.05) is 68.3 Å². The van der Waals surface area contributed by atoms with Crippen LogP contribution in [-0.4, -0.2) is 78.3 Å². The van der Waals surface area contributed by atoms with E-state index in [1.807, 2.05) is 30.3 Å². The number of aliphatic hydroxyl groups is 2. The minimum atomic E-state index is -0.916. The van der Waals surface area contributed by atoms with Crippen LogP contribution in [0.3, 0.4) is 0 Å². The molecule has 3 aromatic rings. The molecule has 3 aliphatic heterocycles. The van der Waals surface area contributed by atoms with Crippen LogP contribution in [0.2, 0.25) is 0 Å². The summed E-state index contributed by atoms with van der Waals surface area (Å²) in [4.78, 5) is 10.8. The fourth-order valence-corrected chi connectivity index (χ4v) is 8.72. The summed E-state index contributed by atoms with van der Waals surface area (Å²) in [5.41, 5.74) is 2.08. The molecule has 7 rings (SSSR count). The van der Waals surface area contributed by atoms with E-state index in [4.69, 9.17) is 9.47 Å². The van der Waals surface area contributed by atoms with Gasteiger partial charge in [0.15, 0.2) is 0 Å². The summed E-state index contributed by atoms with van der Waals surface area (Å²) in [6.07, 6.45) is 8.62. The van der Waals surface area contributed by atoms with Gasteiger partial charge in [0.05, 0.1) is 44.6 Å². The smallest absolute Gasteiger partial charge is 0.211 e. The number of rotatable bonds is 18. The van der Waals surface area contributed by atoms with E-state index >= 15 is 0 Å². The molecule has 2 bridgehead atoms. The molecule has 4 aliphatic rings. The van der Waals surface area contributed by atoms with Crippen LogP contribution in [0.4, 0.5) is 5.69 Å². The number of carbonyl (C=O) groups excluding carboxylic acids is 1. The molecule has 50 heavy (non-hydrogen) atoms. The van der Waals surface area contributed by atoms with Crippen molar-refractivity contribution in [3.63, 3.8) is 0 Å². The first-order valence-corrected chi connectivity index (χ1v) is 18.7. The first-order valence-electron chi connectivity index (χ1n) is 18.7. The number of amides is 1. The van der Waals surface area contributed by atoms with Crippen LogP contribution in [-0.2, 0) is 15.1 Å². The van der Waals surface area contributed by atoms with E-state index in [9.17, 15) is 20.1 Å². The van der Waals surface area contributed by atoms with Crippen molar-refractivity contribution >= 4 is 12.1 Å². The van der Waals surface area contributed by atoms with E-state index in [2.05, 4.69) is 41.8 Å². The number of nitrogens with zero attached hydrogens (tertiary/aromatic N) is 1. The largest absolute Gasteiger partial charge is 0.506 e. The summed E-state index contributed by atoms with van der Waals surface area (Å²) in [6.45, 7) is 7.99. The number of anilines is 1. The SMILES string of the molecule is CCC(NC[C@H](O)c1ccc(O)c(NC=O)c1)c1ccc(OCCC[N+]23CCC(CC2)[C@@H](OC[C@@](O)(c2ccccc2)C2CCCC2)C3)cc1. The molecule has 3 saturated heterocycles. The molecule has 0 aromatic heterocycles. The molecule has 1 aliphatic carbocycles. The first kappa shape index (κ1) is 36.3. The second-order valence-electron chi connectivity index (χ2n) is 14.8. The van der Waals surface area contributed by atoms with Crippen LogP contribution < -0.4 is 15.4 Å². The standard InChI is InChI=1S/C41H55N3O6/c1-2-36(42-26-39(47)32-15-18-38(46)37(25-32)43-29-45)30-13-16-35(17-14-30)49-24-8-21-44-22-19-31(20-23-44)40(27-44)50-28-41(48,34-11-6-7-12-34)33-9-4-3-5-10-33/h3-5,9-10,13-18,25,29,31,34,36,39-40,42,47-48H,2,6-8,11-12,19-24,26-28H2,1H3,(H-,43,45,46)/p+1/t31?,36?,39-,40-,41+,44?/m0/s1. The first-order chi connectivity index (χ1) is 24.3. The van der Waals surface area contributed by atoms with E-state index in [-0.39, 0.29) is 29.5 Å². The number of aliphatic hydroxyl groups excluding tert-OH is 1. The summed E-state index contributed by atoms with van der Waals surface area (Å²) < 4.78 is 14.0. The van der Waals surface area contributed by atoms with Crippen molar-refractivity contribution in [3.8, 4) is 11.5 Å². The predicted octanol–water partition coefficient (Wildman–Crippen LogP) is 6.21. The number of phenolic OH excluding ortho intramolecular Hbond substituents is 1. The molecule has 1 saturated carbocycles. The zero-order chi connectivity index (χ0) is 35.0. The fraction of sp³-hybridized carbons (Fsp3) is 0.537. The van der Waals surface area contributed by atoms with Crippen LogP contribution >= 0.6 is 0 Å². The van der Waals surface area contributed by atoms with E-state index in [0.717, 1.165) is 60.1 Å². The lowest BCUT2D eigenvalue weighted by Gasteiger charge is -2.53. The molecule has 0 spiro atoms. The molecule has 9 nitrogen and oxygen atoms in total. The molecule has 4 atom stereocenters. The highest BCUT2D eigenvalue weighted by Gasteiger charge is 2.48. The van der Waals surface area contributed by atoms with Gasteiger partial charge in [0.2, 0.25) is 6.41 Å². The second-order valence-corrected chi connectivity index (χ2v) is 14.8. The Balaban J connectivity index is 0.963. The van der Waals surface area contributed by atoms with Crippen LogP contribution in [0.5, 0.6) is 11.5 Å².